The Hall–Kier alpha value is -2.96. The third kappa shape index (κ3) is 1.97. The van der Waals surface area contributed by atoms with Crippen molar-refractivity contribution in [3.8, 4) is 0 Å². The number of nitro benzene ring substituents is 1. The van der Waals surface area contributed by atoms with Gasteiger partial charge in [0.25, 0.3) is 5.69 Å². The Labute approximate surface area is 105 Å². The Morgan fingerprint density at radius 3 is 2.05 bits per heavy atom. The fourth-order valence-corrected chi connectivity index (χ4v) is 1.89. The van der Waals surface area contributed by atoms with Gasteiger partial charge in [-0.2, -0.15) is 0 Å². The number of benzene rings is 2. The summed E-state index contributed by atoms with van der Waals surface area (Å²) in [5.74, 6) is -3.23. The Bertz CT molecular complexity index is 701. The van der Waals surface area contributed by atoms with Gasteiger partial charge in [-0.05, 0) is 12.1 Å². The van der Waals surface area contributed by atoms with Crippen molar-refractivity contribution in [1.29, 1.82) is 0 Å². The van der Waals surface area contributed by atoms with Crippen LogP contribution in [0.4, 0.5) is 5.69 Å². The van der Waals surface area contributed by atoms with Gasteiger partial charge in [0.1, 0.15) is 0 Å². The quantitative estimate of drug-likeness (QED) is 0.539. The number of nitro groups is 1. The van der Waals surface area contributed by atoms with E-state index in [-0.39, 0.29) is 16.5 Å². The minimum absolute atomic E-state index is 0.0894. The number of nitrogens with zero attached hydrogens (tertiary/aromatic N) is 1. The number of rotatable bonds is 3. The first-order chi connectivity index (χ1) is 8.93. The maximum Gasteiger partial charge on any atom is 0.277 e. The van der Waals surface area contributed by atoms with Crippen LogP contribution in [0.2, 0.25) is 0 Å². The van der Waals surface area contributed by atoms with Crippen molar-refractivity contribution in [1.82, 2.24) is 0 Å². The van der Waals surface area contributed by atoms with Crippen LogP contribution in [0.15, 0.2) is 30.3 Å². The van der Waals surface area contributed by atoms with Crippen LogP contribution in [-0.4, -0.2) is 16.9 Å². The van der Waals surface area contributed by atoms with E-state index in [0.717, 1.165) is 18.2 Å². The molecule has 0 radical (unpaired) electrons. The van der Waals surface area contributed by atoms with Crippen LogP contribution in [0.25, 0.3) is 10.8 Å². The number of carbonyl (C=O) groups excluding carboxylic acids is 2. The van der Waals surface area contributed by atoms with Crippen LogP contribution in [0.5, 0.6) is 0 Å². The van der Waals surface area contributed by atoms with Crippen LogP contribution in [0, 0.1) is 10.1 Å². The average Bonchev–Trinajstić information content (AvgIpc) is 2.35. The number of aromatic carboxylic acids is 2. The van der Waals surface area contributed by atoms with Gasteiger partial charge in [0.2, 0.25) is 0 Å². The van der Waals surface area contributed by atoms with Crippen molar-refractivity contribution in [2.45, 2.75) is 0 Å². The molecule has 96 valence electrons. The number of carbonyl (C=O) groups is 2. The number of hydrogen-bond donors (Lipinski definition) is 0. The molecule has 0 aromatic heterocycles. The molecule has 0 bridgehead atoms. The SMILES string of the molecule is O=C([O-])c1cccc2c([N+](=O)[O-])ccc(C(=O)[O-])c12. The van der Waals surface area contributed by atoms with Crippen molar-refractivity contribution in [2.24, 2.45) is 0 Å². The fraction of sp³-hybridized carbons (Fsp3) is 0. The molecule has 2 rings (SSSR count). The first-order valence-electron chi connectivity index (χ1n) is 5.06. The Morgan fingerprint density at radius 1 is 0.947 bits per heavy atom. The number of hydrogen-bond acceptors (Lipinski definition) is 6. The second-order valence-corrected chi connectivity index (χ2v) is 3.69. The molecule has 0 N–H and O–H groups in total. The molecule has 0 saturated heterocycles. The lowest BCUT2D eigenvalue weighted by molar-refractivity contribution is -0.383. The summed E-state index contributed by atoms with van der Waals surface area (Å²) in [4.78, 5) is 32.1. The zero-order valence-electron chi connectivity index (χ0n) is 9.28. The highest BCUT2D eigenvalue weighted by atomic mass is 16.6. The van der Waals surface area contributed by atoms with E-state index in [0.29, 0.717) is 0 Å². The van der Waals surface area contributed by atoms with Crippen molar-refractivity contribution in [3.63, 3.8) is 0 Å². The summed E-state index contributed by atoms with van der Waals surface area (Å²) < 4.78 is 0. The summed E-state index contributed by atoms with van der Waals surface area (Å²) in [6.07, 6.45) is 0. The summed E-state index contributed by atoms with van der Waals surface area (Å²) in [7, 11) is 0. The van der Waals surface area contributed by atoms with Crippen LogP contribution >= 0.6 is 0 Å². The zero-order chi connectivity index (χ0) is 14.2. The predicted molar refractivity (Wildman–Crippen MR) is 59.3 cm³/mol. The smallest absolute Gasteiger partial charge is 0.277 e. The van der Waals surface area contributed by atoms with Gasteiger partial charge in [0.15, 0.2) is 0 Å². The van der Waals surface area contributed by atoms with E-state index in [4.69, 9.17) is 0 Å². The minimum Gasteiger partial charge on any atom is -0.545 e. The highest BCUT2D eigenvalue weighted by Crippen LogP contribution is 2.30. The monoisotopic (exact) mass is 259 g/mol. The second-order valence-electron chi connectivity index (χ2n) is 3.69. The average molecular weight is 259 g/mol. The normalized spacial score (nSPS) is 10.3. The van der Waals surface area contributed by atoms with E-state index in [1.807, 2.05) is 0 Å². The molecule has 0 unspecified atom stereocenters. The van der Waals surface area contributed by atoms with E-state index < -0.39 is 28.0 Å². The molecular weight excluding hydrogens is 254 g/mol. The molecule has 0 saturated carbocycles. The predicted octanol–water partition coefficient (Wildman–Crippen LogP) is -0.525. The van der Waals surface area contributed by atoms with Gasteiger partial charge in [0, 0.05) is 22.6 Å². The lowest BCUT2D eigenvalue weighted by Gasteiger charge is -2.13. The van der Waals surface area contributed by atoms with Crippen LogP contribution in [0.1, 0.15) is 20.7 Å². The third-order valence-corrected chi connectivity index (χ3v) is 2.65. The molecule has 7 heteroatoms. The second kappa shape index (κ2) is 4.37. The lowest BCUT2D eigenvalue weighted by atomic mass is 9.98. The zero-order valence-corrected chi connectivity index (χ0v) is 9.28. The van der Waals surface area contributed by atoms with E-state index in [2.05, 4.69) is 0 Å². The molecule has 19 heavy (non-hydrogen) atoms. The Balaban J connectivity index is 3.01. The third-order valence-electron chi connectivity index (χ3n) is 2.65. The highest BCUT2D eigenvalue weighted by molar-refractivity contribution is 6.13. The fourth-order valence-electron chi connectivity index (χ4n) is 1.89. The molecule has 0 fully saturated rings. The molecule has 0 aliphatic carbocycles. The van der Waals surface area contributed by atoms with Crippen LogP contribution in [0.3, 0.4) is 0 Å². The van der Waals surface area contributed by atoms with Gasteiger partial charge < -0.3 is 19.8 Å². The molecule has 0 amide bonds. The molecule has 0 atom stereocenters. The first kappa shape index (κ1) is 12.5. The van der Waals surface area contributed by atoms with Gasteiger partial charge in [-0.25, -0.2) is 0 Å². The molecule has 0 spiro atoms. The highest BCUT2D eigenvalue weighted by Gasteiger charge is 2.17. The van der Waals surface area contributed by atoms with Gasteiger partial charge >= 0.3 is 0 Å². The largest absolute Gasteiger partial charge is 0.545 e. The molecular formula is C12H5NO6-2. The molecule has 2 aromatic carbocycles. The van der Waals surface area contributed by atoms with Gasteiger partial charge in [-0.15, -0.1) is 0 Å². The summed E-state index contributed by atoms with van der Waals surface area (Å²) in [5, 5.41) is 32.5. The molecule has 7 nitrogen and oxygen atoms in total. The number of carboxylic acids is 2. The van der Waals surface area contributed by atoms with Crippen LogP contribution in [-0.2, 0) is 0 Å². The van der Waals surface area contributed by atoms with E-state index >= 15 is 0 Å². The van der Waals surface area contributed by atoms with Crippen molar-refractivity contribution in [3.05, 3.63) is 51.6 Å². The topological polar surface area (TPSA) is 123 Å². The summed E-state index contributed by atoms with van der Waals surface area (Å²) in [6.45, 7) is 0. The molecule has 0 heterocycles. The van der Waals surface area contributed by atoms with Crippen LogP contribution < -0.4 is 10.2 Å². The van der Waals surface area contributed by atoms with Gasteiger partial charge in [-0.3, -0.25) is 10.1 Å². The standard InChI is InChI=1S/C12H7NO6/c14-11(15)7-3-1-2-6-9(13(18)19)5-4-8(10(6)7)12(16)17/h1-5H,(H,14,15)(H,16,17)/p-2. The van der Waals surface area contributed by atoms with E-state index in [9.17, 15) is 29.9 Å². The molecule has 0 aliphatic heterocycles. The molecule has 2 aromatic rings. The maximum atomic E-state index is 11.0. The maximum absolute atomic E-state index is 11.0. The number of carboxylic acid groups (broad SMARTS) is 2. The summed E-state index contributed by atoms with van der Waals surface area (Å²) in [5.41, 5.74) is -1.25. The summed E-state index contributed by atoms with van der Waals surface area (Å²) >= 11 is 0. The first-order valence-corrected chi connectivity index (χ1v) is 5.06. The van der Waals surface area contributed by atoms with E-state index in [1.54, 1.807) is 0 Å². The summed E-state index contributed by atoms with van der Waals surface area (Å²) in [6, 6.07) is 5.61. The number of non-ortho nitro benzene ring substituents is 1. The van der Waals surface area contributed by atoms with Crippen molar-refractivity contribution in [2.75, 3.05) is 0 Å². The van der Waals surface area contributed by atoms with Gasteiger partial charge in [-0.1, -0.05) is 12.1 Å². The van der Waals surface area contributed by atoms with Crippen molar-refractivity contribution < 1.29 is 24.7 Å². The Morgan fingerprint density at radius 2 is 1.53 bits per heavy atom. The minimum atomic E-state index is -1.62. The van der Waals surface area contributed by atoms with Gasteiger partial charge in [0.05, 0.1) is 22.2 Å². The Kier molecular flexibility index (Phi) is 2.88. The number of fused-ring (bicyclic) bond motifs is 1. The lowest BCUT2D eigenvalue weighted by Crippen LogP contribution is -2.26. The van der Waals surface area contributed by atoms with Crippen molar-refractivity contribution >= 4 is 28.4 Å². The van der Waals surface area contributed by atoms with E-state index in [1.165, 1.54) is 12.1 Å². The molecule has 0 aliphatic rings.